The van der Waals surface area contributed by atoms with Gasteiger partial charge in [0, 0.05) is 31.1 Å². The van der Waals surface area contributed by atoms with Gasteiger partial charge in [0.05, 0.1) is 6.61 Å². The van der Waals surface area contributed by atoms with E-state index in [0.717, 1.165) is 55.8 Å². The fraction of sp³-hybridized carbons (Fsp3) is 0.562. The molecule has 2 N–H and O–H groups in total. The molecule has 2 aliphatic heterocycles. The predicted octanol–water partition coefficient (Wildman–Crippen LogP) is 1.82. The van der Waals surface area contributed by atoms with Gasteiger partial charge in [0.2, 0.25) is 0 Å². The maximum absolute atomic E-state index is 12.6. The first kappa shape index (κ1) is 13.4. The lowest BCUT2D eigenvalue weighted by atomic mass is 9.91. The van der Waals surface area contributed by atoms with Crippen LogP contribution in [0.1, 0.15) is 35.7 Å². The minimum absolute atomic E-state index is 0.130. The summed E-state index contributed by atoms with van der Waals surface area (Å²) in [6.45, 7) is 4.38. The molecule has 4 heteroatoms. The molecule has 1 aromatic rings. The maximum Gasteiger partial charge on any atom is 0.253 e. The molecule has 0 unspecified atom stereocenters. The molecular weight excluding hydrogens is 252 g/mol. The van der Waals surface area contributed by atoms with E-state index in [1.807, 2.05) is 30.0 Å². The normalized spacial score (nSPS) is 23.1. The smallest absolute Gasteiger partial charge is 0.253 e. The number of ether oxygens (including phenoxy) is 1. The summed E-state index contributed by atoms with van der Waals surface area (Å²) in [5.74, 6) is 1.48. The van der Waals surface area contributed by atoms with Crippen molar-refractivity contribution in [3.63, 3.8) is 0 Å². The van der Waals surface area contributed by atoms with E-state index in [0.29, 0.717) is 5.92 Å². The van der Waals surface area contributed by atoms with E-state index in [1.54, 1.807) is 0 Å². The van der Waals surface area contributed by atoms with Crippen LogP contribution in [-0.2, 0) is 6.42 Å². The van der Waals surface area contributed by atoms with Crippen molar-refractivity contribution in [2.75, 3.05) is 19.7 Å². The second kappa shape index (κ2) is 5.44. The van der Waals surface area contributed by atoms with Crippen LogP contribution in [0.5, 0.6) is 5.75 Å². The standard InChI is InChI=1S/C16H22N2O2/c1-11(17)14-3-2-7-18(10-14)16(19)13-4-5-15-12(9-13)6-8-20-15/h4-5,9,11,14H,2-3,6-8,10,17H2,1H3/t11-,14-/m1/s1. The van der Waals surface area contributed by atoms with Crippen LogP contribution in [0.2, 0.25) is 0 Å². The molecule has 0 radical (unpaired) electrons. The third-order valence-corrected chi connectivity index (χ3v) is 4.43. The van der Waals surface area contributed by atoms with Gasteiger partial charge in [0.15, 0.2) is 0 Å². The Labute approximate surface area is 119 Å². The van der Waals surface area contributed by atoms with Crippen molar-refractivity contribution in [1.82, 2.24) is 4.90 Å². The molecule has 0 spiro atoms. The summed E-state index contributed by atoms with van der Waals surface area (Å²) in [6.07, 6.45) is 3.07. The van der Waals surface area contributed by atoms with Gasteiger partial charge < -0.3 is 15.4 Å². The molecule has 3 rings (SSSR count). The van der Waals surface area contributed by atoms with Crippen LogP contribution in [0.3, 0.4) is 0 Å². The summed E-state index contributed by atoms with van der Waals surface area (Å²) in [7, 11) is 0. The minimum Gasteiger partial charge on any atom is -0.493 e. The number of nitrogens with zero attached hydrogens (tertiary/aromatic N) is 1. The van der Waals surface area contributed by atoms with Crippen molar-refractivity contribution in [2.24, 2.45) is 11.7 Å². The van der Waals surface area contributed by atoms with Gasteiger partial charge in [-0.3, -0.25) is 4.79 Å². The molecule has 2 heterocycles. The summed E-state index contributed by atoms with van der Waals surface area (Å²) in [5, 5.41) is 0. The molecule has 2 atom stereocenters. The summed E-state index contributed by atoms with van der Waals surface area (Å²) in [5.41, 5.74) is 7.91. The number of rotatable bonds is 2. The molecule has 1 amide bonds. The number of carbonyl (C=O) groups excluding carboxylic acids is 1. The van der Waals surface area contributed by atoms with Crippen LogP contribution in [-0.4, -0.2) is 36.5 Å². The number of carbonyl (C=O) groups is 1. The van der Waals surface area contributed by atoms with Crippen molar-refractivity contribution >= 4 is 5.91 Å². The molecule has 0 bridgehead atoms. The number of hydrogen-bond donors (Lipinski definition) is 1. The van der Waals surface area contributed by atoms with Crippen LogP contribution in [0.4, 0.5) is 0 Å². The van der Waals surface area contributed by atoms with Crippen LogP contribution < -0.4 is 10.5 Å². The molecule has 4 nitrogen and oxygen atoms in total. The van der Waals surface area contributed by atoms with E-state index in [-0.39, 0.29) is 11.9 Å². The Bertz CT molecular complexity index is 513. The lowest BCUT2D eigenvalue weighted by molar-refractivity contribution is 0.0661. The second-order valence-electron chi connectivity index (χ2n) is 5.93. The highest BCUT2D eigenvalue weighted by atomic mass is 16.5. The Hall–Kier alpha value is -1.55. The largest absolute Gasteiger partial charge is 0.493 e. The Morgan fingerprint density at radius 2 is 2.35 bits per heavy atom. The topological polar surface area (TPSA) is 55.6 Å². The first-order chi connectivity index (χ1) is 9.65. The molecule has 2 aliphatic rings. The van der Waals surface area contributed by atoms with E-state index in [2.05, 4.69) is 0 Å². The van der Waals surface area contributed by atoms with E-state index < -0.39 is 0 Å². The van der Waals surface area contributed by atoms with Crippen LogP contribution in [0, 0.1) is 5.92 Å². The number of amides is 1. The molecule has 108 valence electrons. The highest BCUT2D eigenvalue weighted by Crippen LogP contribution is 2.27. The molecule has 0 aromatic heterocycles. The van der Waals surface area contributed by atoms with Crippen molar-refractivity contribution in [1.29, 1.82) is 0 Å². The number of benzene rings is 1. The van der Waals surface area contributed by atoms with Crippen LogP contribution >= 0.6 is 0 Å². The molecule has 1 aromatic carbocycles. The van der Waals surface area contributed by atoms with Crippen LogP contribution in [0.25, 0.3) is 0 Å². The van der Waals surface area contributed by atoms with Gasteiger partial charge in [-0.15, -0.1) is 0 Å². The summed E-state index contributed by atoms with van der Waals surface area (Å²) < 4.78 is 5.49. The number of piperidine rings is 1. The van der Waals surface area contributed by atoms with E-state index in [4.69, 9.17) is 10.5 Å². The Morgan fingerprint density at radius 3 is 3.15 bits per heavy atom. The number of fused-ring (bicyclic) bond motifs is 1. The zero-order valence-electron chi connectivity index (χ0n) is 12.0. The lowest BCUT2D eigenvalue weighted by Crippen LogP contribution is -2.45. The van der Waals surface area contributed by atoms with Gasteiger partial charge in [-0.25, -0.2) is 0 Å². The monoisotopic (exact) mass is 274 g/mol. The maximum atomic E-state index is 12.6. The SMILES string of the molecule is C[C@@H](N)[C@@H]1CCCN(C(=O)c2ccc3c(c2)CCO3)C1. The first-order valence-electron chi connectivity index (χ1n) is 7.46. The highest BCUT2D eigenvalue weighted by Gasteiger charge is 2.27. The molecule has 0 saturated carbocycles. The van der Waals surface area contributed by atoms with Crippen molar-refractivity contribution in [3.8, 4) is 5.75 Å². The van der Waals surface area contributed by atoms with Gasteiger partial charge in [-0.1, -0.05) is 0 Å². The zero-order valence-corrected chi connectivity index (χ0v) is 12.0. The minimum atomic E-state index is 0.130. The van der Waals surface area contributed by atoms with Crippen molar-refractivity contribution in [3.05, 3.63) is 29.3 Å². The van der Waals surface area contributed by atoms with E-state index in [1.165, 1.54) is 0 Å². The zero-order chi connectivity index (χ0) is 14.1. The molecule has 1 saturated heterocycles. The van der Waals surface area contributed by atoms with Gasteiger partial charge in [0.1, 0.15) is 5.75 Å². The fourth-order valence-electron chi connectivity index (χ4n) is 3.13. The first-order valence-corrected chi connectivity index (χ1v) is 7.46. The number of likely N-dealkylation sites (tertiary alicyclic amines) is 1. The Kier molecular flexibility index (Phi) is 3.66. The third-order valence-electron chi connectivity index (χ3n) is 4.43. The van der Waals surface area contributed by atoms with Crippen LogP contribution in [0.15, 0.2) is 18.2 Å². The van der Waals surface area contributed by atoms with E-state index in [9.17, 15) is 4.79 Å². The van der Waals surface area contributed by atoms with E-state index >= 15 is 0 Å². The average Bonchev–Trinajstić information content (AvgIpc) is 2.94. The molecular formula is C16H22N2O2. The van der Waals surface area contributed by atoms with Gasteiger partial charge >= 0.3 is 0 Å². The summed E-state index contributed by atoms with van der Waals surface area (Å²) in [6, 6.07) is 5.93. The quantitative estimate of drug-likeness (QED) is 0.895. The third kappa shape index (κ3) is 2.52. The van der Waals surface area contributed by atoms with Crippen molar-refractivity contribution in [2.45, 2.75) is 32.2 Å². The predicted molar refractivity (Wildman–Crippen MR) is 77.9 cm³/mol. The molecule has 1 fully saturated rings. The summed E-state index contributed by atoms with van der Waals surface area (Å²) in [4.78, 5) is 14.6. The molecule has 20 heavy (non-hydrogen) atoms. The Morgan fingerprint density at radius 1 is 1.50 bits per heavy atom. The number of nitrogens with two attached hydrogens (primary N) is 1. The summed E-state index contributed by atoms with van der Waals surface area (Å²) >= 11 is 0. The van der Waals surface area contributed by atoms with Gasteiger partial charge in [-0.05, 0) is 49.4 Å². The highest BCUT2D eigenvalue weighted by molar-refractivity contribution is 5.94. The van der Waals surface area contributed by atoms with Gasteiger partial charge in [0.25, 0.3) is 5.91 Å². The lowest BCUT2D eigenvalue weighted by Gasteiger charge is -2.34. The Balaban J connectivity index is 1.75. The van der Waals surface area contributed by atoms with Gasteiger partial charge in [-0.2, -0.15) is 0 Å². The van der Waals surface area contributed by atoms with Crippen molar-refractivity contribution < 1.29 is 9.53 Å². The number of hydrogen-bond acceptors (Lipinski definition) is 3. The molecule has 0 aliphatic carbocycles. The second-order valence-corrected chi connectivity index (χ2v) is 5.93. The average molecular weight is 274 g/mol. The fourth-order valence-corrected chi connectivity index (χ4v) is 3.13.